The summed E-state index contributed by atoms with van der Waals surface area (Å²) in [7, 11) is 0. The minimum Gasteiger partial charge on any atom is -0.478 e. The summed E-state index contributed by atoms with van der Waals surface area (Å²) in [6, 6.07) is 15.3. The van der Waals surface area contributed by atoms with E-state index in [1.165, 1.54) is 41.3 Å². The number of thioether (sulfide) groups is 1. The third-order valence-corrected chi connectivity index (χ3v) is 5.50. The minimum absolute atomic E-state index is 0.124. The summed E-state index contributed by atoms with van der Waals surface area (Å²) in [5.74, 6) is -0.679. The van der Waals surface area contributed by atoms with Gasteiger partial charge in [-0.15, -0.1) is 0 Å². The van der Waals surface area contributed by atoms with Crippen molar-refractivity contribution >= 4 is 51.9 Å². The highest BCUT2D eigenvalue weighted by Crippen LogP contribution is 2.36. The average molecular weight is 425 g/mol. The Balaban J connectivity index is 1.58. The van der Waals surface area contributed by atoms with Crippen LogP contribution in [0.2, 0.25) is 0 Å². The predicted octanol–water partition coefficient (Wildman–Crippen LogP) is 5.19. The Kier molecular flexibility index (Phi) is 5.04. The zero-order chi connectivity index (χ0) is 20.5. The fourth-order valence-corrected chi connectivity index (χ4v) is 4.05. The van der Waals surface area contributed by atoms with Crippen molar-refractivity contribution in [2.75, 3.05) is 4.90 Å². The molecule has 0 radical (unpaired) electrons. The first kappa shape index (κ1) is 19.1. The Morgan fingerprint density at radius 1 is 1.07 bits per heavy atom. The van der Waals surface area contributed by atoms with Gasteiger partial charge in [-0.2, -0.15) is 0 Å². The van der Waals surface area contributed by atoms with Crippen LogP contribution in [0.4, 0.5) is 10.1 Å². The number of anilines is 1. The molecule has 8 heteroatoms. The lowest BCUT2D eigenvalue weighted by atomic mass is 10.2. The van der Waals surface area contributed by atoms with Crippen LogP contribution in [-0.2, 0) is 4.79 Å². The van der Waals surface area contributed by atoms with E-state index in [1.807, 2.05) is 0 Å². The monoisotopic (exact) mass is 425 g/mol. The van der Waals surface area contributed by atoms with E-state index >= 15 is 0 Å². The maximum atomic E-state index is 13.1. The van der Waals surface area contributed by atoms with Gasteiger partial charge in [-0.05, 0) is 60.7 Å². The molecule has 1 aliphatic heterocycles. The van der Waals surface area contributed by atoms with Crippen LogP contribution in [0.5, 0.6) is 0 Å². The number of hydrogen-bond acceptors (Lipinski definition) is 5. The van der Waals surface area contributed by atoms with Crippen LogP contribution in [0.15, 0.2) is 70.0 Å². The Bertz CT molecular complexity index is 1150. The zero-order valence-corrected chi connectivity index (χ0v) is 16.3. The Morgan fingerprint density at radius 2 is 1.76 bits per heavy atom. The standard InChI is InChI=1S/C21H12FNO4S2/c22-14-5-1-12(2-6-14)17-10-9-16(27-17)11-18-19(24)23(21(28)29-18)15-7-3-13(4-8-15)20(25)26/h1-11H,(H,25,26). The van der Waals surface area contributed by atoms with Crippen molar-refractivity contribution in [3.63, 3.8) is 0 Å². The normalized spacial score (nSPS) is 15.3. The molecule has 144 valence electrons. The smallest absolute Gasteiger partial charge is 0.335 e. The van der Waals surface area contributed by atoms with Gasteiger partial charge >= 0.3 is 5.97 Å². The van der Waals surface area contributed by atoms with Crippen LogP contribution < -0.4 is 4.90 Å². The van der Waals surface area contributed by atoms with Gasteiger partial charge in [0.2, 0.25) is 0 Å². The van der Waals surface area contributed by atoms with Gasteiger partial charge in [-0.1, -0.05) is 24.0 Å². The second kappa shape index (κ2) is 7.65. The molecule has 29 heavy (non-hydrogen) atoms. The minimum atomic E-state index is -1.04. The lowest BCUT2D eigenvalue weighted by molar-refractivity contribution is -0.113. The summed E-state index contributed by atoms with van der Waals surface area (Å²) in [5.41, 5.74) is 1.34. The van der Waals surface area contributed by atoms with Gasteiger partial charge in [0, 0.05) is 11.6 Å². The molecule has 1 aliphatic rings. The Morgan fingerprint density at radius 3 is 2.41 bits per heavy atom. The van der Waals surface area contributed by atoms with Gasteiger partial charge in [-0.25, -0.2) is 9.18 Å². The van der Waals surface area contributed by atoms with E-state index < -0.39 is 5.97 Å². The maximum absolute atomic E-state index is 13.1. The molecule has 2 heterocycles. The van der Waals surface area contributed by atoms with Gasteiger partial charge in [0.25, 0.3) is 5.91 Å². The molecule has 3 aromatic rings. The fourth-order valence-electron chi connectivity index (χ4n) is 2.77. The number of carboxylic acids is 1. The molecule has 0 spiro atoms. The largest absolute Gasteiger partial charge is 0.478 e. The van der Waals surface area contributed by atoms with E-state index in [0.29, 0.717) is 26.4 Å². The van der Waals surface area contributed by atoms with Crippen molar-refractivity contribution in [2.45, 2.75) is 0 Å². The molecule has 0 aliphatic carbocycles. The number of amides is 1. The highest BCUT2D eigenvalue weighted by Gasteiger charge is 2.33. The molecular formula is C21H12FNO4S2. The number of thiocarbonyl (C=S) groups is 1. The molecule has 1 amide bonds. The van der Waals surface area contributed by atoms with Crippen LogP contribution in [0.25, 0.3) is 17.4 Å². The summed E-state index contributed by atoms with van der Waals surface area (Å²) >= 11 is 6.45. The van der Waals surface area contributed by atoms with E-state index in [2.05, 4.69) is 0 Å². The van der Waals surface area contributed by atoms with Crippen LogP contribution >= 0.6 is 24.0 Å². The van der Waals surface area contributed by atoms with Crippen LogP contribution in [0.1, 0.15) is 16.1 Å². The van der Waals surface area contributed by atoms with Crippen LogP contribution in [0.3, 0.4) is 0 Å². The van der Waals surface area contributed by atoms with Crippen molar-refractivity contribution < 1.29 is 23.5 Å². The molecule has 0 bridgehead atoms. The summed E-state index contributed by atoms with van der Waals surface area (Å²) in [5, 5.41) is 9.00. The van der Waals surface area contributed by atoms with E-state index in [0.717, 1.165) is 17.3 Å². The number of hydrogen-bond donors (Lipinski definition) is 1. The van der Waals surface area contributed by atoms with Gasteiger partial charge in [0.05, 0.1) is 16.2 Å². The summed E-state index contributed by atoms with van der Waals surface area (Å²) < 4.78 is 19.2. The van der Waals surface area contributed by atoms with Gasteiger partial charge in [0.15, 0.2) is 4.32 Å². The summed E-state index contributed by atoms with van der Waals surface area (Å²) in [4.78, 5) is 25.5. The van der Waals surface area contributed by atoms with Crippen molar-refractivity contribution in [3.8, 4) is 11.3 Å². The maximum Gasteiger partial charge on any atom is 0.335 e. The lowest BCUT2D eigenvalue weighted by Crippen LogP contribution is -2.27. The molecule has 1 aromatic heterocycles. The molecule has 1 saturated heterocycles. The van der Waals surface area contributed by atoms with Gasteiger partial charge in [-0.3, -0.25) is 9.69 Å². The molecule has 0 unspecified atom stereocenters. The number of furan rings is 1. The van der Waals surface area contributed by atoms with E-state index in [9.17, 15) is 14.0 Å². The first-order chi connectivity index (χ1) is 13.9. The molecule has 0 saturated carbocycles. The highest BCUT2D eigenvalue weighted by atomic mass is 32.2. The number of nitrogens with zero attached hydrogens (tertiary/aromatic N) is 1. The lowest BCUT2D eigenvalue weighted by Gasteiger charge is -2.14. The summed E-state index contributed by atoms with van der Waals surface area (Å²) in [6.45, 7) is 0. The molecule has 4 rings (SSSR count). The SMILES string of the molecule is O=C(O)c1ccc(N2C(=O)C(=Cc3ccc(-c4ccc(F)cc4)o3)SC2=S)cc1. The van der Waals surface area contributed by atoms with Crippen molar-refractivity contribution in [2.24, 2.45) is 0 Å². The number of rotatable bonds is 4. The topological polar surface area (TPSA) is 70.8 Å². The van der Waals surface area contributed by atoms with E-state index in [1.54, 1.807) is 30.3 Å². The molecule has 2 aromatic carbocycles. The number of benzene rings is 2. The number of aromatic carboxylic acids is 1. The molecular weight excluding hydrogens is 413 g/mol. The second-order valence-corrected chi connectivity index (χ2v) is 7.75. The molecule has 5 nitrogen and oxygen atoms in total. The third kappa shape index (κ3) is 3.85. The molecule has 1 N–H and O–H groups in total. The van der Waals surface area contributed by atoms with Crippen LogP contribution in [0, 0.1) is 5.82 Å². The second-order valence-electron chi connectivity index (χ2n) is 6.08. The number of carbonyl (C=O) groups is 2. The Hall–Kier alpha value is -3.23. The molecule has 0 atom stereocenters. The predicted molar refractivity (Wildman–Crippen MR) is 113 cm³/mol. The van der Waals surface area contributed by atoms with E-state index in [-0.39, 0.29) is 17.3 Å². The number of halogens is 1. The van der Waals surface area contributed by atoms with Gasteiger partial charge < -0.3 is 9.52 Å². The van der Waals surface area contributed by atoms with Crippen molar-refractivity contribution in [3.05, 3.63) is 82.7 Å². The van der Waals surface area contributed by atoms with Crippen molar-refractivity contribution in [1.29, 1.82) is 0 Å². The highest BCUT2D eigenvalue weighted by molar-refractivity contribution is 8.27. The fraction of sp³-hybridized carbons (Fsp3) is 0. The van der Waals surface area contributed by atoms with E-state index in [4.69, 9.17) is 21.7 Å². The third-order valence-electron chi connectivity index (χ3n) is 4.20. The zero-order valence-electron chi connectivity index (χ0n) is 14.7. The quantitative estimate of drug-likeness (QED) is 0.458. The number of carboxylic acid groups (broad SMARTS) is 1. The Labute approximate surface area is 174 Å². The summed E-state index contributed by atoms with van der Waals surface area (Å²) in [6.07, 6.45) is 1.60. The number of carbonyl (C=O) groups excluding carboxylic acids is 1. The molecule has 1 fully saturated rings. The van der Waals surface area contributed by atoms with Crippen LogP contribution in [-0.4, -0.2) is 21.3 Å². The first-order valence-electron chi connectivity index (χ1n) is 8.39. The average Bonchev–Trinajstić information content (AvgIpc) is 3.27. The first-order valence-corrected chi connectivity index (χ1v) is 9.62. The van der Waals surface area contributed by atoms with Crippen molar-refractivity contribution in [1.82, 2.24) is 0 Å². The van der Waals surface area contributed by atoms with Gasteiger partial charge in [0.1, 0.15) is 17.3 Å².